The van der Waals surface area contributed by atoms with Crippen LogP contribution in [0, 0.1) is 0 Å². The molecule has 0 saturated heterocycles. The lowest BCUT2D eigenvalue weighted by atomic mass is 9.89. The first-order chi connectivity index (χ1) is 13.7. The normalized spacial score (nSPS) is 14.0. The number of rotatable bonds is 4. The predicted molar refractivity (Wildman–Crippen MR) is 103 cm³/mol. The zero-order valence-corrected chi connectivity index (χ0v) is 15.4. The first kappa shape index (κ1) is 19.1. The Balaban J connectivity index is 1.74. The van der Waals surface area contributed by atoms with Crippen LogP contribution in [0.4, 0.5) is 13.2 Å². The van der Waals surface area contributed by atoms with Crippen molar-refractivity contribution in [3.05, 3.63) is 74.2 Å². The molecule has 1 aliphatic rings. The molecule has 0 spiro atoms. The van der Waals surface area contributed by atoms with E-state index in [0.29, 0.717) is 16.6 Å². The number of nitrogens with one attached hydrogen (secondary N) is 3. The molecule has 1 aliphatic carbocycles. The van der Waals surface area contributed by atoms with Crippen molar-refractivity contribution in [1.82, 2.24) is 19.9 Å². The molecule has 0 radical (unpaired) electrons. The van der Waals surface area contributed by atoms with Crippen molar-refractivity contribution in [3.63, 3.8) is 0 Å². The number of hydrogen-bond donors (Lipinski definition) is 3. The van der Waals surface area contributed by atoms with Gasteiger partial charge in [0.25, 0.3) is 0 Å². The molecule has 3 aromatic rings. The summed E-state index contributed by atoms with van der Waals surface area (Å²) in [6.07, 6.45) is 2.61. The Morgan fingerprint density at radius 3 is 2.55 bits per heavy atom. The van der Waals surface area contributed by atoms with Gasteiger partial charge in [-0.15, -0.1) is 0 Å². The summed E-state index contributed by atoms with van der Waals surface area (Å²) in [5, 5.41) is 2.29. The molecule has 0 saturated carbocycles. The van der Waals surface area contributed by atoms with Crippen molar-refractivity contribution in [3.8, 4) is 5.69 Å². The van der Waals surface area contributed by atoms with E-state index in [4.69, 9.17) is 0 Å². The number of hydrogen-bond acceptors (Lipinski definition) is 3. The van der Waals surface area contributed by atoms with Gasteiger partial charge in [-0.1, -0.05) is 6.58 Å². The molecule has 9 heteroatoms. The highest BCUT2D eigenvalue weighted by molar-refractivity contribution is 5.83. The van der Waals surface area contributed by atoms with E-state index in [1.165, 1.54) is 0 Å². The molecule has 4 rings (SSSR count). The van der Waals surface area contributed by atoms with Gasteiger partial charge < -0.3 is 19.9 Å². The number of aromatic nitrogens is 3. The Morgan fingerprint density at radius 2 is 1.83 bits per heavy atom. The Morgan fingerprint density at radius 1 is 1.14 bits per heavy atom. The molecule has 6 nitrogen and oxygen atoms in total. The van der Waals surface area contributed by atoms with Gasteiger partial charge in [0, 0.05) is 18.9 Å². The number of fused-ring (bicyclic) bond motifs is 3. The Bertz CT molecular complexity index is 1220. The van der Waals surface area contributed by atoms with Crippen molar-refractivity contribution in [2.45, 2.75) is 38.4 Å². The van der Waals surface area contributed by atoms with Gasteiger partial charge in [-0.25, -0.2) is 0 Å². The van der Waals surface area contributed by atoms with Gasteiger partial charge in [-0.3, -0.25) is 9.59 Å². The molecule has 0 fully saturated rings. The molecule has 0 bridgehead atoms. The van der Waals surface area contributed by atoms with Crippen molar-refractivity contribution >= 4 is 11.0 Å². The van der Waals surface area contributed by atoms with E-state index < -0.39 is 23.0 Å². The number of aryl methyl sites for hydroxylation is 1. The summed E-state index contributed by atoms with van der Waals surface area (Å²) in [6.45, 7) is 3.00. The molecular weight excluding hydrogens is 385 g/mol. The third-order valence-electron chi connectivity index (χ3n) is 5.20. The Hall–Kier alpha value is -3.23. The van der Waals surface area contributed by atoms with Gasteiger partial charge >= 0.3 is 17.3 Å². The van der Waals surface area contributed by atoms with Gasteiger partial charge in [0.1, 0.15) is 5.70 Å². The average molecular weight is 404 g/mol. The van der Waals surface area contributed by atoms with Gasteiger partial charge in [0.15, 0.2) is 0 Å². The Labute approximate surface area is 163 Å². The third-order valence-corrected chi connectivity index (χ3v) is 5.20. The van der Waals surface area contributed by atoms with Crippen LogP contribution in [0.25, 0.3) is 16.7 Å². The summed E-state index contributed by atoms with van der Waals surface area (Å²) >= 11 is 0. The average Bonchev–Trinajstić information content (AvgIpc) is 3.15. The van der Waals surface area contributed by atoms with Crippen molar-refractivity contribution in [1.29, 1.82) is 0 Å². The highest BCUT2D eigenvalue weighted by atomic mass is 19.4. The quantitative estimate of drug-likeness (QED) is 0.585. The van der Waals surface area contributed by atoms with Gasteiger partial charge in [0.05, 0.1) is 16.7 Å². The largest absolute Gasteiger partial charge is 0.430 e. The number of H-pyrrole nitrogens is 2. The molecule has 2 heterocycles. The van der Waals surface area contributed by atoms with Crippen LogP contribution >= 0.6 is 0 Å². The molecule has 152 valence electrons. The number of halogens is 3. The zero-order chi connectivity index (χ0) is 20.8. The minimum Gasteiger partial charge on any atom is -0.377 e. The smallest absolute Gasteiger partial charge is 0.377 e. The molecular formula is C20H19F3N4O2. The monoisotopic (exact) mass is 404 g/mol. The van der Waals surface area contributed by atoms with E-state index >= 15 is 0 Å². The highest BCUT2D eigenvalue weighted by Crippen LogP contribution is 2.32. The zero-order valence-electron chi connectivity index (χ0n) is 15.4. The fraction of sp³-hybridized carbons (Fsp3) is 0.300. The van der Waals surface area contributed by atoms with Crippen LogP contribution in [0.2, 0.25) is 0 Å². The number of nitrogens with zero attached hydrogens (tertiary/aromatic N) is 1. The number of alkyl halides is 3. The van der Waals surface area contributed by atoms with E-state index in [2.05, 4.69) is 21.9 Å². The SMILES string of the molecule is C=C(NCc1ccn(-c2cc3[nH]c(=O)c(=O)[nH]c3c3c2CCCC3)c1)C(F)(F)F. The lowest BCUT2D eigenvalue weighted by molar-refractivity contribution is -0.0964. The summed E-state index contributed by atoms with van der Waals surface area (Å²) in [4.78, 5) is 28.8. The van der Waals surface area contributed by atoms with Crippen LogP contribution in [0.15, 0.2) is 46.4 Å². The first-order valence-electron chi connectivity index (χ1n) is 9.22. The van der Waals surface area contributed by atoms with Crippen LogP contribution in [0.3, 0.4) is 0 Å². The summed E-state index contributed by atoms with van der Waals surface area (Å²) in [7, 11) is 0. The van der Waals surface area contributed by atoms with Gasteiger partial charge in [-0.05, 0) is 54.5 Å². The highest BCUT2D eigenvalue weighted by Gasteiger charge is 2.31. The molecule has 0 unspecified atom stereocenters. The van der Waals surface area contributed by atoms with Crippen LogP contribution < -0.4 is 16.4 Å². The van der Waals surface area contributed by atoms with Crippen LogP contribution in [0.5, 0.6) is 0 Å². The predicted octanol–water partition coefficient (Wildman–Crippen LogP) is 3.05. The first-order valence-corrected chi connectivity index (χ1v) is 9.22. The molecule has 0 atom stereocenters. The van der Waals surface area contributed by atoms with E-state index in [1.807, 2.05) is 4.57 Å². The van der Waals surface area contributed by atoms with E-state index in [1.54, 1.807) is 24.5 Å². The van der Waals surface area contributed by atoms with Crippen LogP contribution in [-0.4, -0.2) is 20.7 Å². The standard InChI is InChI=1S/C20H19F3N4O2/c1-11(20(21,22)23)24-9-12-6-7-27(10-12)16-8-15-17(26-19(29)18(28)25-15)14-5-3-2-4-13(14)16/h6-8,10,24H,1-5,9H2,(H,25,28)(H,26,29). The third kappa shape index (κ3) is 3.59. The second-order valence-electron chi connectivity index (χ2n) is 7.15. The summed E-state index contributed by atoms with van der Waals surface area (Å²) < 4.78 is 39.6. The van der Waals surface area contributed by atoms with E-state index in [0.717, 1.165) is 42.5 Å². The van der Waals surface area contributed by atoms with Crippen molar-refractivity contribution in [2.24, 2.45) is 0 Å². The lowest BCUT2D eigenvalue weighted by Crippen LogP contribution is -2.29. The number of benzene rings is 1. The minimum atomic E-state index is -4.48. The fourth-order valence-corrected chi connectivity index (χ4v) is 3.75. The van der Waals surface area contributed by atoms with Gasteiger partial charge in [-0.2, -0.15) is 13.2 Å². The van der Waals surface area contributed by atoms with E-state index in [-0.39, 0.29) is 6.54 Å². The molecule has 0 amide bonds. The maximum atomic E-state index is 12.6. The summed E-state index contributed by atoms with van der Waals surface area (Å²) in [5.74, 6) is 0. The summed E-state index contributed by atoms with van der Waals surface area (Å²) in [5.41, 5.74) is 2.35. The molecule has 0 aliphatic heterocycles. The van der Waals surface area contributed by atoms with Crippen molar-refractivity contribution < 1.29 is 13.2 Å². The molecule has 3 N–H and O–H groups in total. The minimum absolute atomic E-state index is 0.00866. The summed E-state index contributed by atoms with van der Waals surface area (Å²) in [6, 6.07) is 3.52. The van der Waals surface area contributed by atoms with Crippen LogP contribution in [-0.2, 0) is 19.4 Å². The topological polar surface area (TPSA) is 82.7 Å². The van der Waals surface area contributed by atoms with Gasteiger partial charge in [0.2, 0.25) is 0 Å². The fourth-order valence-electron chi connectivity index (χ4n) is 3.75. The maximum absolute atomic E-state index is 12.6. The van der Waals surface area contributed by atoms with Crippen LogP contribution in [0.1, 0.15) is 29.5 Å². The lowest BCUT2D eigenvalue weighted by Gasteiger charge is -2.22. The number of aromatic amines is 2. The second kappa shape index (κ2) is 6.98. The maximum Gasteiger partial charge on any atom is 0.430 e. The van der Waals surface area contributed by atoms with Crippen molar-refractivity contribution in [2.75, 3.05) is 0 Å². The molecule has 1 aromatic carbocycles. The Kier molecular flexibility index (Phi) is 4.60. The molecule has 29 heavy (non-hydrogen) atoms. The number of allylic oxidation sites excluding steroid dienone is 1. The second-order valence-corrected chi connectivity index (χ2v) is 7.15. The van der Waals surface area contributed by atoms with E-state index in [9.17, 15) is 22.8 Å². The molecule has 2 aromatic heterocycles.